The highest BCUT2D eigenvalue weighted by atomic mass is 16.5. The van der Waals surface area contributed by atoms with Gasteiger partial charge in [0.25, 0.3) is 0 Å². The molecule has 30 heavy (non-hydrogen) atoms. The number of ether oxygens (including phenoxy) is 2. The lowest BCUT2D eigenvalue weighted by atomic mass is 9.87. The van der Waals surface area contributed by atoms with Gasteiger partial charge in [-0.05, 0) is 48.1 Å². The van der Waals surface area contributed by atoms with Crippen LogP contribution < -0.4 is 9.47 Å². The molecule has 5 nitrogen and oxygen atoms in total. The van der Waals surface area contributed by atoms with Gasteiger partial charge in [0.15, 0.2) is 11.5 Å². The van der Waals surface area contributed by atoms with Gasteiger partial charge < -0.3 is 14.4 Å². The first-order valence-electron chi connectivity index (χ1n) is 11.0. The molecule has 2 aliphatic heterocycles. The lowest BCUT2D eigenvalue weighted by molar-refractivity contribution is -0.132. The van der Waals surface area contributed by atoms with Crippen molar-refractivity contribution in [1.82, 2.24) is 9.80 Å². The highest BCUT2D eigenvalue weighted by Gasteiger charge is 2.32. The SMILES string of the molecule is COc1cc2c(cc1OC)[C@H](c1ccccc1)N(CC(=O)N1CCCCCC1)CC2. The summed E-state index contributed by atoms with van der Waals surface area (Å²) in [5.41, 5.74) is 3.67. The first-order chi connectivity index (χ1) is 14.7. The Hall–Kier alpha value is -2.53. The van der Waals surface area contributed by atoms with Gasteiger partial charge >= 0.3 is 0 Å². The van der Waals surface area contributed by atoms with Gasteiger partial charge in [0.2, 0.25) is 5.91 Å². The zero-order chi connectivity index (χ0) is 20.9. The summed E-state index contributed by atoms with van der Waals surface area (Å²) in [6.45, 7) is 3.09. The van der Waals surface area contributed by atoms with E-state index in [0.717, 1.165) is 50.4 Å². The molecule has 1 fully saturated rings. The predicted molar refractivity (Wildman–Crippen MR) is 118 cm³/mol. The Morgan fingerprint density at radius 2 is 1.60 bits per heavy atom. The molecule has 4 rings (SSSR count). The maximum absolute atomic E-state index is 13.2. The minimum absolute atomic E-state index is 0.0330. The normalized spacial score (nSPS) is 19.7. The number of benzene rings is 2. The Morgan fingerprint density at radius 3 is 2.27 bits per heavy atom. The molecule has 1 amide bonds. The average molecular weight is 409 g/mol. The van der Waals surface area contributed by atoms with Crippen molar-refractivity contribution in [2.45, 2.75) is 38.1 Å². The number of fused-ring (bicyclic) bond motifs is 1. The van der Waals surface area contributed by atoms with Crippen LogP contribution in [-0.2, 0) is 11.2 Å². The lowest BCUT2D eigenvalue weighted by Crippen LogP contribution is -2.45. The summed E-state index contributed by atoms with van der Waals surface area (Å²) in [5.74, 6) is 1.75. The van der Waals surface area contributed by atoms with Crippen LogP contribution in [0.25, 0.3) is 0 Å². The molecule has 1 atom stereocenters. The van der Waals surface area contributed by atoms with Crippen molar-refractivity contribution in [3.05, 3.63) is 59.2 Å². The molecule has 2 aliphatic rings. The molecule has 0 bridgehead atoms. The molecule has 1 saturated heterocycles. The summed E-state index contributed by atoms with van der Waals surface area (Å²) in [5, 5.41) is 0. The number of carbonyl (C=O) groups is 1. The maximum Gasteiger partial charge on any atom is 0.236 e. The standard InChI is InChI=1S/C25H32N2O3/c1-29-22-16-20-12-15-27(18-24(28)26-13-8-3-4-9-14-26)25(19-10-6-5-7-11-19)21(20)17-23(22)30-2/h5-7,10-11,16-17,25H,3-4,8-9,12-15,18H2,1-2H3/t25-/m0/s1. The number of hydrogen-bond donors (Lipinski definition) is 0. The highest BCUT2D eigenvalue weighted by molar-refractivity contribution is 5.78. The fourth-order valence-corrected chi connectivity index (χ4v) is 4.79. The van der Waals surface area contributed by atoms with Crippen LogP contribution >= 0.6 is 0 Å². The second kappa shape index (κ2) is 9.52. The van der Waals surface area contributed by atoms with Crippen LogP contribution in [0, 0.1) is 0 Å². The molecule has 0 saturated carbocycles. The molecule has 2 heterocycles. The minimum atomic E-state index is 0.0330. The number of likely N-dealkylation sites (tertiary alicyclic amines) is 1. The highest BCUT2D eigenvalue weighted by Crippen LogP contribution is 2.40. The van der Waals surface area contributed by atoms with Crippen molar-refractivity contribution >= 4 is 5.91 Å². The molecule has 0 aromatic heterocycles. The van der Waals surface area contributed by atoms with Gasteiger partial charge in [-0.2, -0.15) is 0 Å². The zero-order valence-electron chi connectivity index (χ0n) is 18.1. The Labute approximate surface area is 179 Å². The van der Waals surface area contributed by atoms with E-state index in [-0.39, 0.29) is 11.9 Å². The van der Waals surface area contributed by atoms with Gasteiger partial charge in [-0.3, -0.25) is 9.69 Å². The number of methoxy groups -OCH3 is 2. The van der Waals surface area contributed by atoms with Gasteiger partial charge in [0.1, 0.15) is 0 Å². The summed E-state index contributed by atoms with van der Waals surface area (Å²) in [6.07, 6.45) is 5.60. The third-order valence-electron chi connectivity index (χ3n) is 6.39. The lowest BCUT2D eigenvalue weighted by Gasteiger charge is -2.38. The third kappa shape index (κ3) is 4.31. The first-order valence-corrected chi connectivity index (χ1v) is 11.0. The van der Waals surface area contributed by atoms with Crippen LogP contribution in [0.3, 0.4) is 0 Å². The van der Waals surface area contributed by atoms with E-state index in [1.54, 1.807) is 14.2 Å². The van der Waals surface area contributed by atoms with E-state index < -0.39 is 0 Å². The number of nitrogens with zero attached hydrogens (tertiary/aromatic N) is 2. The quantitative estimate of drug-likeness (QED) is 0.748. The molecule has 160 valence electrons. The minimum Gasteiger partial charge on any atom is -0.493 e. The Bertz CT molecular complexity index is 860. The van der Waals surface area contributed by atoms with Crippen LogP contribution in [0.15, 0.2) is 42.5 Å². The van der Waals surface area contributed by atoms with E-state index in [4.69, 9.17) is 9.47 Å². The van der Waals surface area contributed by atoms with Gasteiger partial charge in [-0.15, -0.1) is 0 Å². The van der Waals surface area contributed by atoms with E-state index in [2.05, 4.69) is 46.2 Å². The number of rotatable bonds is 5. The van der Waals surface area contributed by atoms with Gasteiger partial charge in [0.05, 0.1) is 26.8 Å². The van der Waals surface area contributed by atoms with Gasteiger partial charge in [-0.1, -0.05) is 43.2 Å². The Kier molecular flexibility index (Phi) is 6.58. The fourth-order valence-electron chi connectivity index (χ4n) is 4.79. The molecule has 5 heteroatoms. The van der Waals surface area contributed by atoms with E-state index in [1.807, 2.05) is 6.07 Å². The summed E-state index contributed by atoms with van der Waals surface area (Å²) < 4.78 is 11.1. The smallest absolute Gasteiger partial charge is 0.236 e. The summed E-state index contributed by atoms with van der Waals surface area (Å²) in [7, 11) is 3.35. The first kappa shape index (κ1) is 20.7. The van der Waals surface area contributed by atoms with Crippen molar-refractivity contribution in [3.63, 3.8) is 0 Å². The van der Waals surface area contributed by atoms with Gasteiger partial charge in [-0.25, -0.2) is 0 Å². The van der Waals surface area contributed by atoms with Crippen LogP contribution in [-0.4, -0.2) is 56.1 Å². The van der Waals surface area contributed by atoms with Crippen LogP contribution in [0.1, 0.15) is 48.4 Å². The van der Waals surface area contributed by atoms with E-state index in [0.29, 0.717) is 6.54 Å². The molecular formula is C25H32N2O3. The monoisotopic (exact) mass is 408 g/mol. The number of carbonyl (C=O) groups excluding carboxylic acids is 1. The molecule has 0 radical (unpaired) electrons. The zero-order valence-corrected chi connectivity index (χ0v) is 18.1. The van der Waals surface area contributed by atoms with Crippen LogP contribution in [0.2, 0.25) is 0 Å². The fraction of sp³-hybridized carbons (Fsp3) is 0.480. The second-order valence-corrected chi connectivity index (χ2v) is 8.23. The van der Waals surface area contributed by atoms with Gasteiger partial charge in [0, 0.05) is 19.6 Å². The Morgan fingerprint density at radius 1 is 0.933 bits per heavy atom. The molecule has 0 unspecified atom stereocenters. The summed E-state index contributed by atoms with van der Waals surface area (Å²) >= 11 is 0. The summed E-state index contributed by atoms with van der Waals surface area (Å²) in [4.78, 5) is 17.6. The van der Waals surface area contributed by atoms with Crippen molar-refractivity contribution in [2.75, 3.05) is 40.4 Å². The maximum atomic E-state index is 13.2. The molecular weight excluding hydrogens is 376 g/mol. The number of amides is 1. The molecule has 0 spiro atoms. The predicted octanol–water partition coefficient (Wildman–Crippen LogP) is 4.05. The largest absolute Gasteiger partial charge is 0.493 e. The van der Waals surface area contributed by atoms with Crippen molar-refractivity contribution in [3.8, 4) is 11.5 Å². The van der Waals surface area contributed by atoms with Crippen molar-refractivity contribution < 1.29 is 14.3 Å². The topological polar surface area (TPSA) is 42.0 Å². The number of hydrogen-bond acceptors (Lipinski definition) is 4. The van der Waals surface area contributed by atoms with Crippen molar-refractivity contribution in [2.24, 2.45) is 0 Å². The van der Waals surface area contributed by atoms with Crippen LogP contribution in [0.4, 0.5) is 0 Å². The third-order valence-corrected chi connectivity index (χ3v) is 6.39. The second-order valence-electron chi connectivity index (χ2n) is 8.23. The molecule has 2 aromatic rings. The van der Waals surface area contributed by atoms with E-state index >= 15 is 0 Å². The Balaban J connectivity index is 1.66. The molecule has 0 N–H and O–H groups in total. The molecule has 2 aromatic carbocycles. The average Bonchev–Trinajstić information content (AvgIpc) is 3.08. The van der Waals surface area contributed by atoms with Crippen molar-refractivity contribution in [1.29, 1.82) is 0 Å². The van der Waals surface area contributed by atoms with E-state index in [1.165, 1.54) is 29.5 Å². The summed E-state index contributed by atoms with van der Waals surface area (Å²) in [6, 6.07) is 14.7. The molecule has 0 aliphatic carbocycles. The van der Waals surface area contributed by atoms with E-state index in [9.17, 15) is 4.79 Å². The van der Waals surface area contributed by atoms with Crippen LogP contribution in [0.5, 0.6) is 11.5 Å².